The summed E-state index contributed by atoms with van der Waals surface area (Å²) in [6.45, 7) is 7.85. The second-order valence-electron chi connectivity index (χ2n) is 4.58. The van der Waals surface area contributed by atoms with E-state index >= 15 is 0 Å². The summed E-state index contributed by atoms with van der Waals surface area (Å²) in [4.78, 5) is 11.9. The quantitative estimate of drug-likeness (QED) is 0.630. The molecule has 0 aliphatic carbocycles. The van der Waals surface area contributed by atoms with Gasteiger partial charge in [-0.3, -0.25) is 4.79 Å². The summed E-state index contributed by atoms with van der Waals surface area (Å²) in [5, 5.41) is 0. The van der Waals surface area contributed by atoms with Crippen molar-refractivity contribution in [2.24, 2.45) is 11.3 Å². The molecule has 0 spiro atoms. The molecule has 3 heteroatoms. The molecular formula is C13H21NO2. The predicted molar refractivity (Wildman–Crippen MR) is 65.7 cm³/mol. The Bertz CT molecular complexity index is 331. The van der Waals surface area contributed by atoms with Crippen LogP contribution < -0.4 is 10.9 Å². The lowest BCUT2D eigenvalue weighted by atomic mass is 9.81. The van der Waals surface area contributed by atoms with Crippen molar-refractivity contribution in [1.29, 1.82) is 0 Å². The van der Waals surface area contributed by atoms with Crippen molar-refractivity contribution in [2.45, 2.75) is 27.7 Å². The molecule has 0 radical (unpaired) electrons. The van der Waals surface area contributed by atoms with Crippen LogP contribution in [0.1, 0.15) is 27.7 Å². The molecule has 90 valence electrons. The van der Waals surface area contributed by atoms with Crippen LogP contribution in [0.15, 0.2) is 30.3 Å². The molecule has 0 amide bonds. The molecule has 0 aliphatic rings. The number of hydrogen-bond acceptors (Lipinski definition) is 3. The molecule has 0 heterocycles. The lowest BCUT2D eigenvalue weighted by Gasteiger charge is -2.26. The van der Waals surface area contributed by atoms with E-state index in [0.29, 0.717) is 5.75 Å². The van der Waals surface area contributed by atoms with Gasteiger partial charge >= 0.3 is 5.97 Å². The first-order valence-electron chi connectivity index (χ1n) is 5.22. The van der Waals surface area contributed by atoms with Gasteiger partial charge in [-0.05, 0) is 31.9 Å². The minimum absolute atomic E-state index is 0. The summed E-state index contributed by atoms with van der Waals surface area (Å²) in [6.07, 6.45) is 0. The van der Waals surface area contributed by atoms with Crippen molar-refractivity contribution in [3.8, 4) is 5.75 Å². The Morgan fingerprint density at radius 2 is 1.69 bits per heavy atom. The van der Waals surface area contributed by atoms with E-state index in [1.54, 1.807) is 12.1 Å². The number of carbonyl (C=O) groups is 1. The van der Waals surface area contributed by atoms with Gasteiger partial charge in [0.05, 0.1) is 5.41 Å². The van der Waals surface area contributed by atoms with E-state index in [9.17, 15) is 4.79 Å². The Morgan fingerprint density at radius 1 is 1.19 bits per heavy atom. The van der Waals surface area contributed by atoms with Gasteiger partial charge in [0.1, 0.15) is 5.75 Å². The van der Waals surface area contributed by atoms with Crippen molar-refractivity contribution >= 4 is 5.97 Å². The average molecular weight is 223 g/mol. The Labute approximate surface area is 97.4 Å². The third-order valence-electron chi connectivity index (χ3n) is 2.92. The van der Waals surface area contributed by atoms with Crippen molar-refractivity contribution in [3.05, 3.63) is 30.3 Å². The number of para-hydroxylation sites is 1. The lowest BCUT2D eigenvalue weighted by molar-refractivity contribution is -0.146. The normalized spacial score (nSPS) is 10.8. The highest BCUT2D eigenvalue weighted by Crippen LogP contribution is 2.28. The zero-order chi connectivity index (χ0) is 11.5. The maximum absolute atomic E-state index is 11.9. The van der Waals surface area contributed by atoms with Crippen LogP contribution in [0, 0.1) is 11.3 Å². The SMILES string of the molecule is CC(C)C(C)(C)C(=O)Oc1ccccc1.N. The van der Waals surface area contributed by atoms with Gasteiger partial charge in [-0.1, -0.05) is 32.0 Å². The van der Waals surface area contributed by atoms with E-state index in [4.69, 9.17) is 4.74 Å². The summed E-state index contributed by atoms with van der Waals surface area (Å²) in [7, 11) is 0. The fourth-order valence-corrected chi connectivity index (χ4v) is 0.963. The standard InChI is InChI=1S/C13H18O2.H3N/c1-10(2)13(3,4)12(14)15-11-8-6-5-7-9-11;/h5-10H,1-4H3;1H3. The lowest BCUT2D eigenvalue weighted by Crippen LogP contribution is -2.33. The third-order valence-corrected chi connectivity index (χ3v) is 2.92. The first kappa shape index (κ1) is 14.6. The van der Waals surface area contributed by atoms with Crippen molar-refractivity contribution < 1.29 is 9.53 Å². The van der Waals surface area contributed by atoms with Gasteiger partial charge in [-0.2, -0.15) is 0 Å². The Balaban J connectivity index is 0.00000225. The molecule has 16 heavy (non-hydrogen) atoms. The largest absolute Gasteiger partial charge is 0.426 e. The molecule has 0 bridgehead atoms. The molecule has 3 N–H and O–H groups in total. The second kappa shape index (κ2) is 5.66. The van der Waals surface area contributed by atoms with Crippen molar-refractivity contribution in [3.63, 3.8) is 0 Å². The van der Waals surface area contributed by atoms with Crippen LogP contribution in [0.4, 0.5) is 0 Å². The highest BCUT2D eigenvalue weighted by atomic mass is 16.5. The Kier molecular flexibility index (Phi) is 5.18. The number of carbonyl (C=O) groups excluding carboxylic acids is 1. The molecule has 0 saturated heterocycles. The van der Waals surface area contributed by atoms with E-state index in [1.165, 1.54) is 0 Å². The summed E-state index contributed by atoms with van der Waals surface area (Å²) < 4.78 is 5.30. The summed E-state index contributed by atoms with van der Waals surface area (Å²) in [5.41, 5.74) is -0.449. The van der Waals surface area contributed by atoms with E-state index in [0.717, 1.165) is 0 Å². The van der Waals surface area contributed by atoms with Crippen LogP contribution in [0.3, 0.4) is 0 Å². The fraction of sp³-hybridized carbons (Fsp3) is 0.462. The molecule has 1 aromatic rings. The van der Waals surface area contributed by atoms with Crippen molar-refractivity contribution in [2.75, 3.05) is 0 Å². The van der Waals surface area contributed by atoms with E-state index in [2.05, 4.69) is 0 Å². The zero-order valence-corrected chi connectivity index (χ0v) is 10.5. The van der Waals surface area contributed by atoms with E-state index in [-0.39, 0.29) is 18.0 Å². The summed E-state index contributed by atoms with van der Waals surface area (Å²) in [6, 6.07) is 9.17. The van der Waals surface area contributed by atoms with Gasteiger partial charge in [-0.15, -0.1) is 0 Å². The van der Waals surface area contributed by atoms with Crippen molar-refractivity contribution in [1.82, 2.24) is 6.15 Å². The molecule has 0 unspecified atom stereocenters. The molecule has 0 fully saturated rings. The van der Waals surface area contributed by atoms with Crippen LogP contribution in [0.25, 0.3) is 0 Å². The van der Waals surface area contributed by atoms with Gasteiger partial charge in [0.15, 0.2) is 0 Å². The van der Waals surface area contributed by atoms with Gasteiger partial charge < -0.3 is 10.9 Å². The first-order chi connectivity index (χ1) is 6.94. The van der Waals surface area contributed by atoms with Gasteiger partial charge in [0.25, 0.3) is 0 Å². The average Bonchev–Trinajstić information content (AvgIpc) is 2.18. The number of hydrogen-bond donors (Lipinski definition) is 1. The van der Waals surface area contributed by atoms with Crippen LogP contribution in [0.2, 0.25) is 0 Å². The van der Waals surface area contributed by atoms with Gasteiger partial charge in [-0.25, -0.2) is 0 Å². The highest BCUT2D eigenvalue weighted by Gasteiger charge is 2.33. The number of rotatable bonds is 3. The minimum Gasteiger partial charge on any atom is -0.426 e. The topological polar surface area (TPSA) is 61.3 Å². The monoisotopic (exact) mass is 223 g/mol. The number of esters is 1. The Morgan fingerprint density at radius 3 is 2.12 bits per heavy atom. The number of ether oxygens (including phenoxy) is 1. The summed E-state index contributed by atoms with van der Waals surface area (Å²) in [5.74, 6) is 0.689. The highest BCUT2D eigenvalue weighted by molar-refractivity contribution is 5.78. The second-order valence-corrected chi connectivity index (χ2v) is 4.58. The van der Waals surface area contributed by atoms with E-state index in [1.807, 2.05) is 45.9 Å². The Hall–Kier alpha value is -1.35. The smallest absolute Gasteiger partial charge is 0.317 e. The van der Waals surface area contributed by atoms with Gasteiger partial charge in [0.2, 0.25) is 0 Å². The maximum atomic E-state index is 11.9. The summed E-state index contributed by atoms with van der Waals surface area (Å²) >= 11 is 0. The predicted octanol–water partition coefficient (Wildman–Crippen LogP) is 3.44. The molecule has 0 atom stereocenters. The maximum Gasteiger partial charge on any atom is 0.317 e. The van der Waals surface area contributed by atoms with Crippen LogP contribution in [-0.4, -0.2) is 5.97 Å². The molecule has 3 nitrogen and oxygen atoms in total. The molecule has 0 saturated carbocycles. The molecule has 0 aromatic heterocycles. The fourth-order valence-electron chi connectivity index (χ4n) is 0.963. The molecule has 1 aromatic carbocycles. The number of benzene rings is 1. The van der Waals surface area contributed by atoms with Crippen LogP contribution in [0.5, 0.6) is 5.75 Å². The van der Waals surface area contributed by atoms with Crippen LogP contribution >= 0.6 is 0 Å². The molecule has 1 rings (SSSR count). The molecule has 0 aliphatic heterocycles. The van der Waals surface area contributed by atoms with Gasteiger partial charge in [0, 0.05) is 0 Å². The van der Waals surface area contributed by atoms with Crippen LogP contribution in [-0.2, 0) is 4.79 Å². The first-order valence-corrected chi connectivity index (χ1v) is 5.22. The third kappa shape index (κ3) is 3.35. The minimum atomic E-state index is -0.449. The molecular weight excluding hydrogens is 202 g/mol. The van der Waals surface area contributed by atoms with E-state index < -0.39 is 5.41 Å². The zero-order valence-electron chi connectivity index (χ0n) is 10.5.